The lowest BCUT2D eigenvalue weighted by Gasteiger charge is -2.39. The first-order valence-corrected chi connectivity index (χ1v) is 8.50. The summed E-state index contributed by atoms with van der Waals surface area (Å²) in [6, 6.07) is 1.90. The van der Waals surface area contributed by atoms with E-state index in [1.807, 2.05) is 27.9 Å². The zero-order valence-corrected chi connectivity index (χ0v) is 13.0. The molecule has 1 saturated heterocycles. The van der Waals surface area contributed by atoms with E-state index in [0.717, 1.165) is 31.1 Å². The molecule has 2 aliphatic rings. The molecule has 4 nitrogen and oxygen atoms in total. The third-order valence-electron chi connectivity index (χ3n) is 4.53. The van der Waals surface area contributed by atoms with Crippen LogP contribution >= 0.6 is 11.3 Å². The van der Waals surface area contributed by atoms with E-state index in [-0.39, 0.29) is 5.91 Å². The lowest BCUT2D eigenvalue weighted by Crippen LogP contribution is -2.49. The van der Waals surface area contributed by atoms with Crippen molar-refractivity contribution in [2.75, 3.05) is 13.1 Å². The quantitative estimate of drug-likeness (QED) is 0.871. The molecule has 0 bridgehead atoms. The number of carbonyl (C=O) groups excluding carboxylic acids is 1. The summed E-state index contributed by atoms with van der Waals surface area (Å²) >= 11 is 1.57. The van der Waals surface area contributed by atoms with Gasteiger partial charge in [-0.1, -0.05) is 0 Å². The number of hydrogen-bond donors (Lipinski definition) is 0. The maximum atomic E-state index is 12.2. The Kier molecular flexibility index (Phi) is 3.10. The van der Waals surface area contributed by atoms with E-state index in [9.17, 15) is 4.79 Å². The third-order valence-corrected chi connectivity index (χ3v) is 5.21. The summed E-state index contributed by atoms with van der Waals surface area (Å²) in [5.41, 5.74) is 2.07. The second kappa shape index (κ2) is 4.98. The summed E-state index contributed by atoms with van der Waals surface area (Å²) in [4.78, 5) is 18.8. The minimum atomic E-state index is 0.157. The highest BCUT2D eigenvalue weighted by molar-refractivity contribution is 7.08. The number of amides is 1. The SMILES string of the molecule is Cc1cnc(C2CN(C(=O)c3ccsc3)C2)n1CC1CC1. The Labute approximate surface area is 128 Å². The molecule has 4 rings (SSSR count). The topological polar surface area (TPSA) is 38.1 Å². The maximum absolute atomic E-state index is 12.2. The average Bonchev–Trinajstić information content (AvgIpc) is 2.94. The Hall–Kier alpha value is -1.62. The Morgan fingerprint density at radius 2 is 2.24 bits per heavy atom. The molecule has 1 amide bonds. The second-order valence-corrected chi connectivity index (χ2v) is 7.01. The Morgan fingerprint density at radius 3 is 2.90 bits per heavy atom. The van der Waals surface area contributed by atoms with Crippen LogP contribution in [-0.2, 0) is 6.54 Å². The fraction of sp³-hybridized carbons (Fsp3) is 0.500. The predicted molar refractivity (Wildman–Crippen MR) is 82.7 cm³/mol. The second-order valence-electron chi connectivity index (χ2n) is 6.23. The number of aromatic nitrogens is 2. The van der Waals surface area contributed by atoms with Crippen molar-refractivity contribution >= 4 is 17.2 Å². The zero-order valence-electron chi connectivity index (χ0n) is 12.2. The largest absolute Gasteiger partial charge is 0.337 e. The lowest BCUT2D eigenvalue weighted by atomic mass is 9.98. The molecular weight excluding hydrogens is 282 g/mol. The highest BCUT2D eigenvalue weighted by Gasteiger charge is 2.36. The van der Waals surface area contributed by atoms with Gasteiger partial charge in [0.2, 0.25) is 0 Å². The number of thiophene rings is 1. The molecule has 110 valence electrons. The monoisotopic (exact) mass is 301 g/mol. The number of carbonyl (C=O) groups is 1. The molecule has 0 N–H and O–H groups in total. The van der Waals surface area contributed by atoms with Crippen LogP contribution in [0.15, 0.2) is 23.0 Å². The van der Waals surface area contributed by atoms with E-state index >= 15 is 0 Å². The van der Waals surface area contributed by atoms with Crippen molar-refractivity contribution in [2.24, 2.45) is 5.92 Å². The van der Waals surface area contributed by atoms with E-state index in [0.29, 0.717) is 5.92 Å². The minimum Gasteiger partial charge on any atom is -0.337 e. The first-order valence-electron chi connectivity index (χ1n) is 7.56. The maximum Gasteiger partial charge on any atom is 0.254 e. The third kappa shape index (κ3) is 2.39. The molecule has 2 fully saturated rings. The normalized spacial score (nSPS) is 18.8. The van der Waals surface area contributed by atoms with Gasteiger partial charge in [0.15, 0.2) is 0 Å². The van der Waals surface area contributed by atoms with Gasteiger partial charge in [-0.3, -0.25) is 4.79 Å². The molecule has 2 aromatic heterocycles. The van der Waals surface area contributed by atoms with Crippen LogP contribution in [0.2, 0.25) is 0 Å². The molecule has 1 saturated carbocycles. The van der Waals surface area contributed by atoms with Gasteiger partial charge in [-0.2, -0.15) is 11.3 Å². The van der Waals surface area contributed by atoms with Crippen molar-refractivity contribution in [1.82, 2.24) is 14.5 Å². The minimum absolute atomic E-state index is 0.157. The molecule has 1 aliphatic carbocycles. The van der Waals surface area contributed by atoms with Gasteiger partial charge < -0.3 is 9.47 Å². The number of nitrogens with zero attached hydrogens (tertiary/aromatic N) is 3. The van der Waals surface area contributed by atoms with Gasteiger partial charge in [0, 0.05) is 36.9 Å². The molecule has 0 unspecified atom stereocenters. The number of rotatable bonds is 4. The van der Waals surface area contributed by atoms with Crippen LogP contribution in [0.1, 0.15) is 40.6 Å². The molecule has 0 atom stereocenters. The van der Waals surface area contributed by atoms with E-state index in [4.69, 9.17) is 0 Å². The molecule has 21 heavy (non-hydrogen) atoms. The summed E-state index contributed by atoms with van der Waals surface area (Å²) < 4.78 is 2.37. The number of likely N-dealkylation sites (tertiary alicyclic amines) is 1. The standard InChI is InChI=1S/C16H19N3OS/c1-11-6-17-15(19(11)7-12-2-3-12)14-8-18(9-14)16(20)13-4-5-21-10-13/h4-6,10,12,14H,2-3,7-9H2,1H3. The molecule has 0 radical (unpaired) electrons. The molecule has 0 spiro atoms. The lowest BCUT2D eigenvalue weighted by molar-refractivity contribution is 0.0591. The first kappa shape index (κ1) is 13.1. The number of aryl methyl sites for hydroxylation is 1. The summed E-state index contributed by atoms with van der Waals surface area (Å²) in [5, 5.41) is 3.88. The highest BCUT2D eigenvalue weighted by atomic mass is 32.1. The predicted octanol–water partition coefficient (Wildman–Crippen LogP) is 2.90. The Bertz CT molecular complexity index is 651. The summed E-state index contributed by atoms with van der Waals surface area (Å²) in [5.74, 6) is 2.58. The van der Waals surface area contributed by atoms with Gasteiger partial charge in [0.05, 0.1) is 11.5 Å². The Balaban J connectivity index is 1.44. The van der Waals surface area contributed by atoms with Gasteiger partial charge in [-0.05, 0) is 37.1 Å². The van der Waals surface area contributed by atoms with E-state index in [2.05, 4.69) is 16.5 Å². The van der Waals surface area contributed by atoms with Crippen LogP contribution in [0.3, 0.4) is 0 Å². The number of imidazole rings is 1. The van der Waals surface area contributed by atoms with Gasteiger partial charge in [-0.25, -0.2) is 4.98 Å². The van der Waals surface area contributed by atoms with Crippen molar-refractivity contribution in [3.63, 3.8) is 0 Å². The number of hydrogen-bond acceptors (Lipinski definition) is 3. The molecule has 0 aromatic carbocycles. The molecule has 2 aromatic rings. The van der Waals surface area contributed by atoms with E-state index in [1.54, 1.807) is 11.3 Å². The van der Waals surface area contributed by atoms with E-state index in [1.165, 1.54) is 24.4 Å². The summed E-state index contributed by atoms with van der Waals surface area (Å²) in [6.45, 7) is 4.84. The Morgan fingerprint density at radius 1 is 1.43 bits per heavy atom. The molecular formula is C16H19N3OS. The summed E-state index contributed by atoms with van der Waals surface area (Å²) in [7, 11) is 0. The highest BCUT2D eigenvalue weighted by Crippen LogP contribution is 2.34. The zero-order chi connectivity index (χ0) is 14.4. The van der Waals surface area contributed by atoms with Gasteiger partial charge in [0.25, 0.3) is 5.91 Å². The smallest absolute Gasteiger partial charge is 0.254 e. The molecule has 1 aliphatic heterocycles. The van der Waals surface area contributed by atoms with Crippen molar-refractivity contribution in [1.29, 1.82) is 0 Å². The van der Waals surface area contributed by atoms with Crippen LogP contribution in [0, 0.1) is 12.8 Å². The molecule has 3 heterocycles. The van der Waals surface area contributed by atoms with Crippen molar-refractivity contribution in [3.8, 4) is 0 Å². The van der Waals surface area contributed by atoms with Gasteiger partial charge >= 0.3 is 0 Å². The first-order chi connectivity index (χ1) is 10.2. The van der Waals surface area contributed by atoms with Crippen LogP contribution in [0.5, 0.6) is 0 Å². The van der Waals surface area contributed by atoms with Crippen molar-refractivity contribution in [2.45, 2.75) is 32.2 Å². The summed E-state index contributed by atoms with van der Waals surface area (Å²) in [6.07, 6.45) is 4.68. The fourth-order valence-electron chi connectivity index (χ4n) is 2.98. The average molecular weight is 301 g/mol. The van der Waals surface area contributed by atoms with Crippen molar-refractivity contribution in [3.05, 3.63) is 40.1 Å². The van der Waals surface area contributed by atoms with Crippen LogP contribution in [0.25, 0.3) is 0 Å². The molecule has 5 heteroatoms. The van der Waals surface area contributed by atoms with Gasteiger partial charge in [0.1, 0.15) is 5.82 Å². The van der Waals surface area contributed by atoms with Gasteiger partial charge in [-0.15, -0.1) is 0 Å². The van der Waals surface area contributed by atoms with Crippen LogP contribution in [-0.4, -0.2) is 33.4 Å². The van der Waals surface area contributed by atoms with E-state index < -0.39 is 0 Å². The van der Waals surface area contributed by atoms with Crippen molar-refractivity contribution < 1.29 is 4.79 Å². The van der Waals surface area contributed by atoms with Crippen LogP contribution in [0.4, 0.5) is 0 Å². The van der Waals surface area contributed by atoms with Crippen LogP contribution < -0.4 is 0 Å². The fourth-order valence-corrected chi connectivity index (χ4v) is 3.61.